The number of benzene rings is 7. The summed E-state index contributed by atoms with van der Waals surface area (Å²) < 4.78 is 15.4. The number of aromatic nitrogens is 2. The maximum Gasteiger partial charge on any atom is 0.164 e. The highest BCUT2D eigenvalue weighted by molar-refractivity contribution is 7.26. The predicted octanol–water partition coefficient (Wildman–Crippen LogP) is 12.8. The molecule has 0 bridgehead atoms. The Kier molecular flexibility index (Phi) is 5.51. The van der Waals surface area contributed by atoms with Gasteiger partial charge in [-0.3, -0.25) is 0 Å². The van der Waals surface area contributed by atoms with Crippen LogP contribution in [0.1, 0.15) is 0 Å². The molecule has 0 amide bonds. The van der Waals surface area contributed by atoms with Crippen molar-refractivity contribution >= 4 is 86.3 Å². The maximum atomic E-state index is 6.83. The Hall–Kier alpha value is -6.30. The molecule has 0 aliphatic rings. The molecule has 4 aromatic heterocycles. The summed E-state index contributed by atoms with van der Waals surface area (Å²) >= 11 is 1.73. The summed E-state index contributed by atoms with van der Waals surface area (Å²) in [5, 5.41) is 7.77. The highest BCUT2D eigenvalue weighted by Crippen LogP contribution is 2.45. The Morgan fingerprint density at radius 1 is 0.469 bits per heavy atom. The Bertz CT molecular complexity index is 3110. The zero-order valence-electron chi connectivity index (χ0n) is 26.0. The van der Waals surface area contributed by atoms with E-state index in [1.807, 2.05) is 18.2 Å². The lowest BCUT2D eigenvalue weighted by Gasteiger charge is -2.10. The molecule has 0 fully saturated rings. The van der Waals surface area contributed by atoms with E-state index in [9.17, 15) is 0 Å². The first-order valence-corrected chi connectivity index (χ1v) is 17.1. The van der Waals surface area contributed by atoms with Gasteiger partial charge in [-0.1, -0.05) is 103 Å². The number of furan rings is 2. The second-order valence-electron chi connectivity index (χ2n) is 12.5. The Labute approximate surface area is 283 Å². The smallest absolute Gasteiger partial charge is 0.164 e. The summed E-state index contributed by atoms with van der Waals surface area (Å²) in [5.41, 5.74) is 9.26. The van der Waals surface area contributed by atoms with Crippen molar-refractivity contribution < 1.29 is 8.83 Å². The van der Waals surface area contributed by atoms with Gasteiger partial charge in [-0.25, -0.2) is 9.97 Å². The van der Waals surface area contributed by atoms with Gasteiger partial charge in [0.1, 0.15) is 22.3 Å². The largest absolute Gasteiger partial charge is 0.456 e. The molecule has 11 aromatic rings. The fraction of sp³-hybridized carbons (Fsp3) is 0. The average Bonchev–Trinajstić information content (AvgIpc) is 3.84. The van der Waals surface area contributed by atoms with Crippen LogP contribution in [0.2, 0.25) is 0 Å². The number of rotatable bonds is 3. The van der Waals surface area contributed by atoms with Crippen molar-refractivity contribution in [2.24, 2.45) is 0 Å². The summed E-state index contributed by atoms with van der Waals surface area (Å²) in [6.45, 7) is 0. The van der Waals surface area contributed by atoms with Crippen LogP contribution in [0.4, 0.5) is 0 Å². The third-order valence-electron chi connectivity index (χ3n) is 9.68. The van der Waals surface area contributed by atoms with Crippen molar-refractivity contribution in [2.45, 2.75) is 0 Å². The quantitative estimate of drug-likeness (QED) is 0.192. The van der Waals surface area contributed by atoms with Crippen LogP contribution >= 0.6 is 11.3 Å². The third kappa shape index (κ3) is 3.97. The molecule has 0 radical (unpaired) electrons. The van der Waals surface area contributed by atoms with E-state index in [-0.39, 0.29) is 0 Å². The van der Waals surface area contributed by atoms with E-state index in [1.165, 1.54) is 10.1 Å². The van der Waals surface area contributed by atoms with Gasteiger partial charge in [-0.2, -0.15) is 0 Å². The van der Waals surface area contributed by atoms with Crippen LogP contribution in [-0.2, 0) is 0 Å². The van der Waals surface area contributed by atoms with E-state index in [0.29, 0.717) is 5.82 Å². The fourth-order valence-electron chi connectivity index (χ4n) is 7.38. The van der Waals surface area contributed by atoms with Crippen LogP contribution in [0.15, 0.2) is 154 Å². The van der Waals surface area contributed by atoms with E-state index in [2.05, 4.69) is 127 Å². The summed E-state index contributed by atoms with van der Waals surface area (Å²) in [6, 6.07) is 50.7. The number of nitrogens with zero attached hydrogens (tertiary/aromatic N) is 2. The fourth-order valence-corrected chi connectivity index (χ4v) is 8.53. The van der Waals surface area contributed by atoms with E-state index >= 15 is 0 Å². The van der Waals surface area contributed by atoms with Gasteiger partial charge < -0.3 is 8.83 Å². The summed E-state index contributed by atoms with van der Waals surface area (Å²) in [4.78, 5) is 10.7. The lowest BCUT2D eigenvalue weighted by Crippen LogP contribution is -1.94. The van der Waals surface area contributed by atoms with Crippen molar-refractivity contribution in [2.75, 3.05) is 0 Å². The molecule has 11 rings (SSSR count). The Morgan fingerprint density at radius 3 is 2.08 bits per heavy atom. The van der Waals surface area contributed by atoms with Gasteiger partial charge in [0.25, 0.3) is 0 Å². The minimum atomic E-state index is 0.629. The third-order valence-corrected chi connectivity index (χ3v) is 10.9. The lowest BCUT2D eigenvalue weighted by atomic mass is 9.96. The first-order valence-electron chi connectivity index (χ1n) is 16.3. The SMILES string of the molecule is c1ccc(-c2ccc(-c3nc(-c4ccc5c(c4)oc4ccccc45)c4sc5ccccc5c4n3)c3oc4cc5ccccc5cc4c23)cc1. The number of thiophene rings is 1. The van der Waals surface area contributed by atoms with E-state index < -0.39 is 0 Å². The van der Waals surface area contributed by atoms with Gasteiger partial charge in [-0.15, -0.1) is 11.3 Å². The molecule has 0 atom stereocenters. The highest BCUT2D eigenvalue weighted by atomic mass is 32.1. The van der Waals surface area contributed by atoms with Crippen molar-refractivity contribution in [1.82, 2.24) is 9.97 Å². The molecule has 0 spiro atoms. The van der Waals surface area contributed by atoms with Gasteiger partial charge in [0, 0.05) is 37.2 Å². The molecule has 0 N–H and O–H groups in total. The molecule has 228 valence electrons. The van der Waals surface area contributed by atoms with Crippen LogP contribution in [0, 0.1) is 0 Å². The normalized spacial score (nSPS) is 12.1. The van der Waals surface area contributed by atoms with Crippen LogP contribution in [0.3, 0.4) is 0 Å². The maximum absolute atomic E-state index is 6.83. The molecule has 7 aromatic carbocycles. The first kappa shape index (κ1) is 26.7. The summed E-state index contributed by atoms with van der Waals surface area (Å²) in [7, 11) is 0. The van der Waals surface area contributed by atoms with Crippen LogP contribution < -0.4 is 0 Å². The van der Waals surface area contributed by atoms with Crippen LogP contribution in [0.25, 0.3) is 109 Å². The van der Waals surface area contributed by atoms with Crippen molar-refractivity contribution in [3.63, 3.8) is 0 Å². The van der Waals surface area contributed by atoms with Gasteiger partial charge in [0.15, 0.2) is 5.82 Å². The van der Waals surface area contributed by atoms with Crippen LogP contribution in [0.5, 0.6) is 0 Å². The minimum absolute atomic E-state index is 0.629. The first-order chi connectivity index (χ1) is 24.3. The number of para-hydroxylation sites is 1. The van der Waals surface area contributed by atoms with Gasteiger partial charge in [-0.05, 0) is 64.4 Å². The van der Waals surface area contributed by atoms with E-state index in [0.717, 1.165) is 92.8 Å². The molecule has 0 saturated heterocycles. The van der Waals surface area contributed by atoms with E-state index in [4.69, 9.17) is 18.8 Å². The van der Waals surface area contributed by atoms with Crippen LogP contribution in [-0.4, -0.2) is 9.97 Å². The monoisotopic (exact) mass is 644 g/mol. The molecule has 0 aliphatic heterocycles. The van der Waals surface area contributed by atoms with Gasteiger partial charge in [0.05, 0.1) is 21.5 Å². The molecular weight excluding hydrogens is 621 g/mol. The van der Waals surface area contributed by atoms with Crippen molar-refractivity contribution in [1.29, 1.82) is 0 Å². The molecule has 49 heavy (non-hydrogen) atoms. The molecule has 0 aliphatic carbocycles. The average molecular weight is 645 g/mol. The number of hydrogen-bond donors (Lipinski definition) is 0. The van der Waals surface area contributed by atoms with Gasteiger partial charge >= 0.3 is 0 Å². The molecule has 0 saturated carbocycles. The Balaban J connectivity index is 1.23. The molecule has 4 heterocycles. The van der Waals surface area contributed by atoms with Gasteiger partial charge in [0.2, 0.25) is 0 Å². The van der Waals surface area contributed by atoms with Crippen molar-refractivity contribution in [3.8, 4) is 33.8 Å². The standard InChI is InChI=1S/C44H24N2O2S/c1-2-10-25(11-3-1)29-20-21-33(42-39(29)34-22-26-12-4-5-13-27(26)23-37(34)48-42)44-45-40(43-41(46-44)32-15-7-9-17-38(32)49-43)28-18-19-31-30-14-6-8-16-35(30)47-36(31)24-28/h1-24H. The molecule has 4 nitrogen and oxygen atoms in total. The molecule has 0 unspecified atom stereocenters. The van der Waals surface area contributed by atoms with E-state index in [1.54, 1.807) is 11.3 Å². The minimum Gasteiger partial charge on any atom is -0.456 e. The highest BCUT2D eigenvalue weighted by Gasteiger charge is 2.23. The predicted molar refractivity (Wildman–Crippen MR) is 203 cm³/mol. The number of fused-ring (bicyclic) bond motifs is 10. The number of hydrogen-bond acceptors (Lipinski definition) is 5. The topological polar surface area (TPSA) is 52.1 Å². The van der Waals surface area contributed by atoms with Crippen molar-refractivity contribution in [3.05, 3.63) is 146 Å². The summed E-state index contributed by atoms with van der Waals surface area (Å²) in [5.74, 6) is 0.629. The zero-order chi connectivity index (χ0) is 32.1. The lowest BCUT2D eigenvalue weighted by molar-refractivity contribution is 0.669. The zero-order valence-corrected chi connectivity index (χ0v) is 26.8. The molecular formula is C44H24N2O2S. The Morgan fingerprint density at radius 2 is 1.18 bits per heavy atom. The summed E-state index contributed by atoms with van der Waals surface area (Å²) in [6.07, 6.45) is 0. The molecule has 5 heteroatoms. The second kappa shape index (κ2) is 10.1. The second-order valence-corrected chi connectivity index (χ2v) is 13.6.